The van der Waals surface area contributed by atoms with Gasteiger partial charge >= 0.3 is 12.2 Å². The predicted molar refractivity (Wildman–Crippen MR) is 97.6 cm³/mol. The van der Waals surface area contributed by atoms with E-state index in [2.05, 4.69) is 15.1 Å². The van der Waals surface area contributed by atoms with Gasteiger partial charge in [0.15, 0.2) is 6.17 Å². The van der Waals surface area contributed by atoms with E-state index >= 15 is 0 Å². The van der Waals surface area contributed by atoms with Gasteiger partial charge in [-0.2, -0.15) is 13.2 Å². The highest BCUT2D eigenvalue weighted by Crippen LogP contribution is 2.33. The number of aliphatic hydroxyl groups excluding tert-OH is 1. The first kappa shape index (κ1) is 18.3. The summed E-state index contributed by atoms with van der Waals surface area (Å²) in [5.41, 5.74) is 0.807. The van der Waals surface area contributed by atoms with Crippen LogP contribution < -0.4 is 4.90 Å². The molecule has 0 aromatic carbocycles. The zero-order valence-electron chi connectivity index (χ0n) is 14.2. The Balaban J connectivity index is 1.58. The molecular weight excluding hydrogens is 395 g/mol. The van der Waals surface area contributed by atoms with Gasteiger partial charge in [0.05, 0.1) is 5.56 Å². The lowest BCUT2D eigenvalue weighted by Gasteiger charge is -2.30. The van der Waals surface area contributed by atoms with Crippen LogP contribution in [0.1, 0.15) is 11.1 Å². The first-order valence-electron chi connectivity index (χ1n) is 8.20. The molecule has 10 heteroatoms. The van der Waals surface area contributed by atoms with E-state index in [0.717, 1.165) is 23.5 Å². The highest BCUT2D eigenvalue weighted by molar-refractivity contribution is 6.29. The Morgan fingerprint density at radius 2 is 1.93 bits per heavy atom. The maximum atomic E-state index is 12.8. The van der Waals surface area contributed by atoms with Gasteiger partial charge in [0.25, 0.3) is 0 Å². The fourth-order valence-electron chi connectivity index (χ4n) is 2.97. The second kappa shape index (κ2) is 6.83. The van der Waals surface area contributed by atoms with Crippen LogP contribution in [0.4, 0.5) is 19.0 Å². The number of alkyl halides is 3. The molecule has 0 bridgehead atoms. The predicted octanol–water partition coefficient (Wildman–Crippen LogP) is 4.12. The van der Waals surface area contributed by atoms with Crippen LogP contribution >= 0.6 is 11.6 Å². The molecule has 2 aromatic rings. The van der Waals surface area contributed by atoms with E-state index in [0.29, 0.717) is 11.6 Å². The molecule has 2 aromatic heterocycles. The number of aromatic nitrogens is 2. The van der Waals surface area contributed by atoms with Gasteiger partial charge < -0.3 is 5.11 Å². The molecule has 1 unspecified atom stereocenters. The van der Waals surface area contributed by atoms with Crippen molar-refractivity contribution < 1.29 is 18.3 Å². The number of rotatable bonds is 3. The van der Waals surface area contributed by atoms with Crippen molar-refractivity contribution in [2.24, 2.45) is 5.10 Å². The molecule has 4 rings (SSSR count). The minimum Gasteiger partial charge on any atom is -0.479 e. The topological polar surface area (TPSA) is 64.9 Å². The lowest BCUT2D eigenvalue weighted by Crippen LogP contribution is -2.42. The number of allylic oxidation sites excluding steroid dienone is 3. The first-order chi connectivity index (χ1) is 13.3. The fourth-order valence-corrected chi connectivity index (χ4v) is 3.08. The van der Waals surface area contributed by atoms with Gasteiger partial charge in [-0.05, 0) is 35.9 Å². The van der Waals surface area contributed by atoms with Gasteiger partial charge in [-0.1, -0.05) is 23.7 Å². The van der Waals surface area contributed by atoms with Crippen molar-refractivity contribution in [1.82, 2.24) is 15.0 Å². The van der Waals surface area contributed by atoms with Crippen LogP contribution in [-0.2, 0) is 12.6 Å². The highest BCUT2D eigenvalue weighted by Gasteiger charge is 2.38. The summed E-state index contributed by atoms with van der Waals surface area (Å²) in [6, 6.07) is 5.27. The summed E-state index contributed by atoms with van der Waals surface area (Å²) < 4.78 is 38.3. The van der Waals surface area contributed by atoms with Crippen LogP contribution in [0, 0.1) is 0 Å². The summed E-state index contributed by atoms with van der Waals surface area (Å²) in [5, 5.41) is 16.4. The van der Waals surface area contributed by atoms with Gasteiger partial charge in [-0.15, -0.1) is 5.10 Å². The molecule has 2 aliphatic rings. The van der Waals surface area contributed by atoms with Crippen molar-refractivity contribution in [3.8, 4) is 0 Å². The third kappa shape index (κ3) is 3.40. The number of pyridine rings is 2. The van der Waals surface area contributed by atoms with Gasteiger partial charge in [0, 0.05) is 24.5 Å². The molecule has 1 atom stereocenters. The Hall–Kier alpha value is -3.07. The molecular formula is C18H13ClF3N5O. The third-order valence-electron chi connectivity index (χ3n) is 4.29. The van der Waals surface area contributed by atoms with Crippen LogP contribution in [0.5, 0.6) is 0 Å². The largest absolute Gasteiger partial charge is 0.479 e. The van der Waals surface area contributed by atoms with Crippen molar-refractivity contribution >= 4 is 23.4 Å². The molecule has 0 amide bonds. The van der Waals surface area contributed by atoms with E-state index < -0.39 is 17.9 Å². The Labute approximate surface area is 162 Å². The average Bonchev–Trinajstić information content (AvgIpc) is 3.00. The van der Waals surface area contributed by atoms with Crippen LogP contribution in [0.25, 0.3) is 0 Å². The van der Waals surface area contributed by atoms with Crippen molar-refractivity contribution in [3.63, 3.8) is 0 Å². The number of nitrogens with zero attached hydrogens (tertiary/aromatic N) is 5. The number of hydrogen-bond acceptors (Lipinski definition) is 5. The fraction of sp³-hybridized carbons (Fsp3) is 0.167. The Kier molecular flexibility index (Phi) is 4.46. The molecule has 2 aliphatic heterocycles. The zero-order valence-corrected chi connectivity index (χ0v) is 14.9. The lowest BCUT2D eigenvalue weighted by molar-refractivity contribution is -0.137. The van der Waals surface area contributed by atoms with E-state index in [4.69, 9.17) is 11.6 Å². The average molecular weight is 408 g/mol. The maximum absolute atomic E-state index is 12.8. The molecule has 0 radical (unpaired) electrons. The second-order valence-electron chi connectivity index (χ2n) is 6.14. The Morgan fingerprint density at radius 1 is 1.11 bits per heavy atom. The molecule has 0 saturated carbocycles. The van der Waals surface area contributed by atoms with E-state index in [1.54, 1.807) is 29.4 Å². The van der Waals surface area contributed by atoms with Crippen LogP contribution in [0.2, 0.25) is 5.15 Å². The summed E-state index contributed by atoms with van der Waals surface area (Å²) in [7, 11) is 0. The van der Waals surface area contributed by atoms with E-state index in [-0.39, 0.29) is 11.8 Å². The van der Waals surface area contributed by atoms with Crippen molar-refractivity contribution in [2.45, 2.75) is 18.8 Å². The van der Waals surface area contributed by atoms with E-state index in [1.165, 1.54) is 11.0 Å². The molecule has 0 aliphatic carbocycles. The summed E-state index contributed by atoms with van der Waals surface area (Å²) >= 11 is 5.80. The lowest BCUT2D eigenvalue weighted by atomic mass is 10.1. The smallest absolute Gasteiger partial charge is 0.417 e. The third-order valence-corrected chi connectivity index (χ3v) is 4.51. The monoisotopic (exact) mass is 407 g/mol. The number of amidine groups is 1. The standard InChI is InChI=1S/C18H13ClF3N5O/c19-14-6-4-11(9-23-14)8-13-2-1-3-16-26(17(28)25-27(13)16)15-7-5-12(10-24-15)18(20,21)22/h1-7,9-10,16H,8H2,(H,25,28). The minimum absolute atomic E-state index is 0.154. The summed E-state index contributed by atoms with van der Waals surface area (Å²) in [6.07, 6.45) is 3.23. The van der Waals surface area contributed by atoms with E-state index in [9.17, 15) is 18.3 Å². The summed E-state index contributed by atoms with van der Waals surface area (Å²) in [4.78, 5) is 9.24. The molecule has 0 fully saturated rings. The maximum Gasteiger partial charge on any atom is 0.417 e. The quantitative estimate of drug-likeness (QED) is 0.775. The first-order valence-corrected chi connectivity index (χ1v) is 8.58. The summed E-state index contributed by atoms with van der Waals surface area (Å²) in [5.74, 6) is 0.154. The van der Waals surface area contributed by atoms with Gasteiger partial charge in [0.1, 0.15) is 11.0 Å². The second-order valence-corrected chi connectivity index (χ2v) is 6.53. The molecule has 0 saturated heterocycles. The van der Waals surface area contributed by atoms with Crippen LogP contribution in [0.15, 0.2) is 65.7 Å². The van der Waals surface area contributed by atoms with Crippen LogP contribution in [-0.4, -0.2) is 32.3 Å². The molecule has 4 heterocycles. The van der Waals surface area contributed by atoms with Gasteiger partial charge in [-0.3, -0.25) is 4.90 Å². The van der Waals surface area contributed by atoms with Gasteiger partial charge in [0.2, 0.25) is 0 Å². The molecule has 144 valence electrons. The number of anilines is 1. The minimum atomic E-state index is -4.48. The van der Waals surface area contributed by atoms with E-state index in [1.807, 2.05) is 12.1 Å². The molecule has 0 spiro atoms. The van der Waals surface area contributed by atoms with Crippen molar-refractivity contribution in [2.75, 3.05) is 4.90 Å². The Morgan fingerprint density at radius 3 is 2.57 bits per heavy atom. The SMILES string of the molecule is OC1=NN2C(Cc3ccc(Cl)nc3)=CC=CC2N1c1ccc(C(F)(F)F)cn1. The number of aliphatic hydroxyl groups is 1. The summed E-state index contributed by atoms with van der Waals surface area (Å²) in [6.45, 7) is 0. The molecule has 1 N–H and O–H groups in total. The van der Waals surface area contributed by atoms with Gasteiger partial charge in [-0.25, -0.2) is 15.0 Å². The van der Waals surface area contributed by atoms with Crippen molar-refractivity contribution in [3.05, 3.63) is 76.9 Å². The highest BCUT2D eigenvalue weighted by atomic mass is 35.5. The number of hydrazone groups is 1. The Bertz CT molecular complexity index is 970. The molecule has 28 heavy (non-hydrogen) atoms. The van der Waals surface area contributed by atoms with Crippen molar-refractivity contribution in [1.29, 1.82) is 0 Å². The number of hydrogen-bond donors (Lipinski definition) is 1. The van der Waals surface area contributed by atoms with Crippen LogP contribution in [0.3, 0.4) is 0 Å². The normalized spacial score (nSPS) is 18.8. The number of fused-ring (bicyclic) bond motifs is 1. The zero-order chi connectivity index (χ0) is 19.9. The molecule has 6 nitrogen and oxygen atoms in total. The number of halogens is 4.